The van der Waals surface area contributed by atoms with Crippen LogP contribution in [0.1, 0.15) is 25.3 Å². The average Bonchev–Trinajstić information content (AvgIpc) is 2.85. The Morgan fingerprint density at radius 1 is 1.30 bits per heavy atom. The third-order valence-electron chi connectivity index (χ3n) is 4.07. The molecule has 0 bridgehead atoms. The Kier molecular flexibility index (Phi) is 3.48. The molecule has 0 aliphatic carbocycles. The molecule has 3 rings (SSSR count). The van der Waals surface area contributed by atoms with Gasteiger partial charge in [0.2, 0.25) is 10.0 Å². The van der Waals surface area contributed by atoms with E-state index in [1.54, 1.807) is 12.1 Å². The molecule has 0 atom stereocenters. The molecule has 2 N–H and O–H groups in total. The summed E-state index contributed by atoms with van der Waals surface area (Å²) in [7, 11) is -3.47. The van der Waals surface area contributed by atoms with Crippen LogP contribution in [0.4, 0.5) is 5.69 Å². The van der Waals surface area contributed by atoms with Crippen molar-refractivity contribution < 1.29 is 13.2 Å². The van der Waals surface area contributed by atoms with Crippen LogP contribution >= 0.6 is 0 Å². The molecule has 1 aromatic carbocycles. The van der Waals surface area contributed by atoms with Gasteiger partial charge >= 0.3 is 0 Å². The normalized spacial score (nSPS) is 21.2. The maximum Gasteiger partial charge on any atom is 0.241 e. The minimum absolute atomic E-state index is 0.354. The van der Waals surface area contributed by atoms with Crippen molar-refractivity contribution in [2.45, 2.75) is 36.6 Å². The van der Waals surface area contributed by atoms with Gasteiger partial charge in [-0.3, -0.25) is 0 Å². The van der Waals surface area contributed by atoms with Crippen molar-refractivity contribution in [3.05, 3.63) is 23.8 Å². The lowest BCUT2D eigenvalue weighted by Gasteiger charge is -2.34. The molecule has 2 heterocycles. The molecule has 1 aromatic rings. The Morgan fingerprint density at radius 2 is 2.05 bits per heavy atom. The summed E-state index contributed by atoms with van der Waals surface area (Å²) < 4.78 is 33.2. The zero-order chi connectivity index (χ0) is 14.2. The second-order valence-corrected chi connectivity index (χ2v) is 7.46. The minimum Gasteiger partial charge on any atom is -0.384 e. The number of fused-ring (bicyclic) bond motifs is 1. The first-order valence-corrected chi connectivity index (χ1v) is 8.45. The maximum absolute atomic E-state index is 12.5. The monoisotopic (exact) mass is 296 g/mol. The lowest BCUT2D eigenvalue weighted by molar-refractivity contribution is 0.0537. The number of anilines is 1. The Balaban J connectivity index is 1.84. The molecule has 2 aliphatic rings. The largest absolute Gasteiger partial charge is 0.384 e. The van der Waals surface area contributed by atoms with Gasteiger partial charge in [-0.15, -0.1) is 0 Å². The molecule has 0 saturated carbocycles. The fourth-order valence-corrected chi connectivity index (χ4v) is 4.27. The zero-order valence-electron chi connectivity index (χ0n) is 11.6. The van der Waals surface area contributed by atoms with Gasteiger partial charge in [0.1, 0.15) is 0 Å². The van der Waals surface area contributed by atoms with Crippen LogP contribution in [-0.2, 0) is 21.2 Å². The van der Waals surface area contributed by atoms with Gasteiger partial charge in [0.05, 0.1) is 4.90 Å². The highest BCUT2D eigenvalue weighted by Crippen LogP contribution is 2.27. The van der Waals surface area contributed by atoms with Crippen LogP contribution in [0, 0.1) is 0 Å². The standard InChI is InChI=1S/C14H20N2O3S/c1-14(5-8-19-9-6-14)16-20(17,18)12-2-3-13-11(10-12)4-7-15-13/h2-3,10,15-16H,4-9H2,1H3. The Hall–Kier alpha value is -1.11. The van der Waals surface area contributed by atoms with Crippen LogP contribution in [0.15, 0.2) is 23.1 Å². The minimum atomic E-state index is -3.47. The highest BCUT2D eigenvalue weighted by Gasteiger charge is 2.32. The highest BCUT2D eigenvalue weighted by atomic mass is 32.2. The number of hydrogen-bond acceptors (Lipinski definition) is 4. The number of rotatable bonds is 3. The number of ether oxygens (including phenoxy) is 1. The summed E-state index contributed by atoms with van der Waals surface area (Å²) >= 11 is 0. The Labute approximate surface area is 119 Å². The third kappa shape index (κ3) is 2.68. The maximum atomic E-state index is 12.5. The van der Waals surface area contributed by atoms with E-state index < -0.39 is 15.6 Å². The second kappa shape index (κ2) is 5.02. The zero-order valence-corrected chi connectivity index (χ0v) is 12.4. The van der Waals surface area contributed by atoms with Gasteiger partial charge < -0.3 is 10.1 Å². The van der Waals surface area contributed by atoms with E-state index in [-0.39, 0.29) is 0 Å². The van der Waals surface area contributed by atoms with Crippen molar-refractivity contribution in [1.82, 2.24) is 4.72 Å². The van der Waals surface area contributed by atoms with Gasteiger partial charge in [-0.1, -0.05) is 0 Å². The van der Waals surface area contributed by atoms with E-state index in [1.165, 1.54) is 0 Å². The fraction of sp³-hybridized carbons (Fsp3) is 0.571. The first-order chi connectivity index (χ1) is 9.49. The third-order valence-corrected chi connectivity index (χ3v) is 5.71. The summed E-state index contributed by atoms with van der Waals surface area (Å²) in [6.07, 6.45) is 2.29. The molecule has 6 heteroatoms. The number of sulfonamides is 1. The molecule has 5 nitrogen and oxygen atoms in total. The summed E-state index contributed by atoms with van der Waals surface area (Å²) in [4.78, 5) is 0.354. The summed E-state index contributed by atoms with van der Waals surface area (Å²) in [6.45, 7) is 4.03. The summed E-state index contributed by atoms with van der Waals surface area (Å²) in [6, 6.07) is 5.30. The molecule has 0 spiro atoms. The van der Waals surface area contributed by atoms with Gasteiger partial charge in [-0.2, -0.15) is 0 Å². The smallest absolute Gasteiger partial charge is 0.241 e. The molecular formula is C14H20N2O3S. The number of hydrogen-bond donors (Lipinski definition) is 2. The van der Waals surface area contributed by atoms with Crippen molar-refractivity contribution in [3.63, 3.8) is 0 Å². The summed E-state index contributed by atoms with van der Waals surface area (Å²) in [5.74, 6) is 0. The lowest BCUT2D eigenvalue weighted by atomic mass is 9.94. The van der Waals surface area contributed by atoms with Crippen LogP contribution in [0.3, 0.4) is 0 Å². The lowest BCUT2D eigenvalue weighted by Crippen LogP contribution is -2.49. The average molecular weight is 296 g/mol. The summed E-state index contributed by atoms with van der Waals surface area (Å²) in [5.41, 5.74) is 1.71. The van der Waals surface area contributed by atoms with E-state index in [1.807, 2.05) is 13.0 Å². The molecule has 0 unspecified atom stereocenters. The molecule has 2 aliphatic heterocycles. The van der Waals surface area contributed by atoms with E-state index >= 15 is 0 Å². The molecule has 1 fully saturated rings. The van der Waals surface area contributed by atoms with Crippen molar-refractivity contribution in [2.75, 3.05) is 25.1 Å². The van der Waals surface area contributed by atoms with E-state index in [0.29, 0.717) is 31.0 Å². The number of benzene rings is 1. The van der Waals surface area contributed by atoms with Crippen LogP contribution in [0.5, 0.6) is 0 Å². The van der Waals surface area contributed by atoms with Gasteiger partial charge in [0.25, 0.3) is 0 Å². The van der Waals surface area contributed by atoms with Crippen molar-refractivity contribution in [1.29, 1.82) is 0 Å². The predicted octanol–water partition coefficient (Wildman–Crippen LogP) is 1.50. The topological polar surface area (TPSA) is 67.4 Å². The van der Waals surface area contributed by atoms with Crippen molar-refractivity contribution >= 4 is 15.7 Å². The first-order valence-electron chi connectivity index (χ1n) is 6.97. The Morgan fingerprint density at radius 3 is 2.80 bits per heavy atom. The Bertz CT molecular complexity index is 607. The molecular weight excluding hydrogens is 276 g/mol. The number of nitrogens with one attached hydrogen (secondary N) is 2. The quantitative estimate of drug-likeness (QED) is 0.887. The molecule has 20 heavy (non-hydrogen) atoms. The van der Waals surface area contributed by atoms with E-state index in [9.17, 15) is 8.42 Å². The SMILES string of the molecule is CC1(NS(=O)(=O)c2ccc3c(c2)CCN3)CCOCC1. The van der Waals surface area contributed by atoms with E-state index in [0.717, 1.165) is 24.2 Å². The van der Waals surface area contributed by atoms with Gasteiger partial charge in [0.15, 0.2) is 0 Å². The van der Waals surface area contributed by atoms with Crippen LogP contribution < -0.4 is 10.0 Å². The molecule has 1 saturated heterocycles. The molecule has 0 radical (unpaired) electrons. The second-order valence-electron chi connectivity index (χ2n) is 5.77. The van der Waals surface area contributed by atoms with Crippen LogP contribution in [0.2, 0.25) is 0 Å². The van der Waals surface area contributed by atoms with E-state index in [4.69, 9.17) is 4.74 Å². The van der Waals surface area contributed by atoms with Crippen LogP contribution in [0.25, 0.3) is 0 Å². The fourth-order valence-electron chi connectivity index (χ4n) is 2.76. The first kappa shape index (κ1) is 13.9. The van der Waals surface area contributed by atoms with Gasteiger partial charge in [-0.25, -0.2) is 13.1 Å². The molecule has 110 valence electrons. The van der Waals surface area contributed by atoms with E-state index in [2.05, 4.69) is 10.0 Å². The molecule has 0 amide bonds. The van der Waals surface area contributed by atoms with Crippen molar-refractivity contribution in [3.8, 4) is 0 Å². The van der Waals surface area contributed by atoms with Gasteiger partial charge in [-0.05, 0) is 49.9 Å². The summed E-state index contributed by atoms with van der Waals surface area (Å²) in [5, 5.41) is 3.24. The van der Waals surface area contributed by atoms with Crippen LogP contribution in [-0.4, -0.2) is 33.7 Å². The van der Waals surface area contributed by atoms with Gasteiger partial charge in [0, 0.05) is 31.0 Å². The van der Waals surface area contributed by atoms with Crippen molar-refractivity contribution in [2.24, 2.45) is 0 Å². The predicted molar refractivity (Wildman–Crippen MR) is 77.4 cm³/mol. The molecule has 0 aromatic heterocycles. The highest BCUT2D eigenvalue weighted by molar-refractivity contribution is 7.89.